The normalized spacial score (nSPS) is 16.1. The molecular formula is C14H21N3. The molecule has 0 radical (unpaired) electrons. The third-order valence-electron chi connectivity index (χ3n) is 3.11. The van der Waals surface area contributed by atoms with E-state index in [2.05, 4.69) is 52.0 Å². The Hall–Kier alpha value is -1.35. The molecule has 0 bridgehead atoms. The van der Waals surface area contributed by atoms with Gasteiger partial charge in [-0.05, 0) is 18.9 Å². The van der Waals surface area contributed by atoms with E-state index in [1.54, 1.807) is 0 Å². The van der Waals surface area contributed by atoms with Crippen LogP contribution in [0.4, 0.5) is 0 Å². The second kappa shape index (κ2) is 6.40. The number of hydrogen-bond donors (Lipinski definition) is 0. The van der Waals surface area contributed by atoms with E-state index in [1.807, 2.05) is 6.34 Å². The van der Waals surface area contributed by atoms with Gasteiger partial charge in [0.2, 0.25) is 0 Å². The molecule has 1 fully saturated rings. The lowest BCUT2D eigenvalue weighted by atomic mass is 10.2. The molecule has 1 aliphatic heterocycles. The summed E-state index contributed by atoms with van der Waals surface area (Å²) in [4.78, 5) is 9.09. The molecule has 1 heterocycles. The molecule has 17 heavy (non-hydrogen) atoms. The highest BCUT2D eigenvalue weighted by atomic mass is 15.3. The average Bonchev–Trinajstić information content (AvgIpc) is 2.32. The first-order valence-corrected chi connectivity index (χ1v) is 6.39. The summed E-state index contributed by atoms with van der Waals surface area (Å²) >= 11 is 0. The first-order valence-electron chi connectivity index (χ1n) is 6.39. The van der Waals surface area contributed by atoms with Gasteiger partial charge >= 0.3 is 0 Å². The van der Waals surface area contributed by atoms with Gasteiger partial charge in [0.25, 0.3) is 0 Å². The minimum Gasteiger partial charge on any atom is -0.359 e. The second-order valence-corrected chi connectivity index (χ2v) is 4.46. The first-order chi connectivity index (χ1) is 8.38. The van der Waals surface area contributed by atoms with Crippen molar-refractivity contribution in [1.29, 1.82) is 0 Å². The molecule has 1 aliphatic rings. The topological polar surface area (TPSA) is 18.8 Å². The van der Waals surface area contributed by atoms with E-state index in [0.717, 1.165) is 19.8 Å². The number of benzene rings is 1. The van der Waals surface area contributed by atoms with Crippen molar-refractivity contribution in [3.05, 3.63) is 35.9 Å². The Morgan fingerprint density at radius 3 is 2.65 bits per heavy atom. The summed E-state index contributed by atoms with van der Waals surface area (Å²) in [6.07, 6.45) is 3.32. The van der Waals surface area contributed by atoms with Gasteiger partial charge in [0, 0.05) is 26.2 Å². The zero-order valence-corrected chi connectivity index (χ0v) is 10.5. The Balaban J connectivity index is 1.79. The van der Waals surface area contributed by atoms with Crippen LogP contribution in [0.3, 0.4) is 0 Å². The largest absolute Gasteiger partial charge is 0.359 e. The van der Waals surface area contributed by atoms with Crippen LogP contribution in [-0.4, -0.2) is 42.4 Å². The van der Waals surface area contributed by atoms with Crippen molar-refractivity contribution in [2.24, 2.45) is 4.99 Å². The maximum Gasteiger partial charge on any atom is 0.0926 e. The summed E-state index contributed by atoms with van der Waals surface area (Å²) in [6, 6.07) is 10.5. The second-order valence-electron chi connectivity index (χ2n) is 4.46. The SMILES string of the molecule is CCN(/C=N/CN1CCC1)Cc1ccccc1. The van der Waals surface area contributed by atoms with Crippen molar-refractivity contribution in [2.45, 2.75) is 19.9 Å². The summed E-state index contributed by atoms with van der Waals surface area (Å²) < 4.78 is 0. The van der Waals surface area contributed by atoms with Crippen LogP contribution in [-0.2, 0) is 6.54 Å². The molecule has 3 heteroatoms. The van der Waals surface area contributed by atoms with Gasteiger partial charge in [0.05, 0.1) is 13.0 Å². The molecule has 0 amide bonds. The Morgan fingerprint density at radius 2 is 2.06 bits per heavy atom. The fourth-order valence-corrected chi connectivity index (χ4v) is 1.84. The molecule has 0 N–H and O–H groups in total. The van der Waals surface area contributed by atoms with Crippen molar-refractivity contribution >= 4 is 6.34 Å². The van der Waals surface area contributed by atoms with E-state index in [1.165, 1.54) is 25.1 Å². The highest BCUT2D eigenvalue weighted by molar-refractivity contribution is 5.54. The summed E-state index contributed by atoms with van der Waals surface area (Å²) in [6.45, 7) is 7.38. The van der Waals surface area contributed by atoms with Crippen LogP contribution < -0.4 is 0 Å². The van der Waals surface area contributed by atoms with Crippen molar-refractivity contribution in [3.8, 4) is 0 Å². The minimum absolute atomic E-state index is 0.852. The van der Waals surface area contributed by atoms with E-state index in [9.17, 15) is 0 Å². The quantitative estimate of drug-likeness (QED) is 0.552. The molecule has 0 unspecified atom stereocenters. The minimum atomic E-state index is 0.852. The molecule has 1 aromatic rings. The molecule has 2 rings (SSSR count). The molecule has 0 atom stereocenters. The van der Waals surface area contributed by atoms with Crippen LogP contribution in [0.15, 0.2) is 35.3 Å². The van der Waals surface area contributed by atoms with E-state index < -0.39 is 0 Å². The lowest BCUT2D eigenvalue weighted by molar-refractivity contribution is 0.187. The predicted molar refractivity (Wildman–Crippen MR) is 72.1 cm³/mol. The predicted octanol–water partition coefficient (Wildman–Crippen LogP) is 2.20. The Kier molecular flexibility index (Phi) is 4.56. The van der Waals surface area contributed by atoms with Gasteiger partial charge in [-0.1, -0.05) is 30.3 Å². The van der Waals surface area contributed by atoms with Gasteiger partial charge in [0.15, 0.2) is 0 Å². The van der Waals surface area contributed by atoms with Gasteiger partial charge in [-0.15, -0.1) is 0 Å². The molecule has 1 saturated heterocycles. The van der Waals surface area contributed by atoms with E-state index >= 15 is 0 Å². The fraction of sp³-hybridized carbons (Fsp3) is 0.500. The molecule has 1 aromatic carbocycles. The van der Waals surface area contributed by atoms with Crippen LogP contribution in [0.1, 0.15) is 18.9 Å². The number of hydrogen-bond acceptors (Lipinski definition) is 2. The zero-order chi connectivity index (χ0) is 11.9. The van der Waals surface area contributed by atoms with Crippen molar-refractivity contribution in [3.63, 3.8) is 0 Å². The summed E-state index contributed by atoms with van der Waals surface area (Å²) in [7, 11) is 0. The number of rotatable bonds is 6. The van der Waals surface area contributed by atoms with Gasteiger partial charge in [-0.3, -0.25) is 9.89 Å². The molecule has 0 saturated carbocycles. The van der Waals surface area contributed by atoms with E-state index in [-0.39, 0.29) is 0 Å². The third kappa shape index (κ3) is 3.86. The smallest absolute Gasteiger partial charge is 0.0926 e. The van der Waals surface area contributed by atoms with Crippen LogP contribution in [0, 0.1) is 0 Å². The highest BCUT2D eigenvalue weighted by Crippen LogP contribution is 2.05. The van der Waals surface area contributed by atoms with Crippen LogP contribution in [0.25, 0.3) is 0 Å². The monoisotopic (exact) mass is 231 g/mol. The molecular weight excluding hydrogens is 210 g/mol. The molecule has 0 aromatic heterocycles. The maximum atomic E-state index is 4.49. The molecule has 0 spiro atoms. The van der Waals surface area contributed by atoms with Crippen LogP contribution >= 0.6 is 0 Å². The number of likely N-dealkylation sites (tertiary alicyclic amines) is 1. The fourth-order valence-electron chi connectivity index (χ4n) is 1.84. The summed E-state index contributed by atoms with van der Waals surface area (Å²) in [5.74, 6) is 0. The number of nitrogens with zero attached hydrogens (tertiary/aromatic N) is 3. The van der Waals surface area contributed by atoms with Crippen molar-refractivity contribution in [1.82, 2.24) is 9.80 Å². The Morgan fingerprint density at radius 1 is 1.29 bits per heavy atom. The van der Waals surface area contributed by atoms with Crippen LogP contribution in [0.5, 0.6) is 0 Å². The van der Waals surface area contributed by atoms with Crippen LogP contribution in [0.2, 0.25) is 0 Å². The standard InChI is InChI=1S/C14H21N3/c1-2-16(11-14-7-4-3-5-8-14)12-15-13-17-9-6-10-17/h3-5,7-8,12H,2,6,9-11,13H2,1H3/b15-12+. The lowest BCUT2D eigenvalue weighted by Crippen LogP contribution is -2.37. The van der Waals surface area contributed by atoms with Gasteiger partial charge in [-0.2, -0.15) is 0 Å². The maximum absolute atomic E-state index is 4.49. The third-order valence-corrected chi connectivity index (χ3v) is 3.11. The van der Waals surface area contributed by atoms with E-state index in [0.29, 0.717) is 0 Å². The zero-order valence-electron chi connectivity index (χ0n) is 10.5. The summed E-state index contributed by atoms with van der Waals surface area (Å²) in [5.41, 5.74) is 1.34. The molecule has 0 aliphatic carbocycles. The number of aliphatic imine (C=N–C) groups is 1. The van der Waals surface area contributed by atoms with E-state index in [4.69, 9.17) is 0 Å². The van der Waals surface area contributed by atoms with Gasteiger partial charge in [0.1, 0.15) is 0 Å². The summed E-state index contributed by atoms with van der Waals surface area (Å²) in [5, 5.41) is 0. The molecule has 3 nitrogen and oxygen atoms in total. The van der Waals surface area contributed by atoms with Gasteiger partial charge < -0.3 is 4.90 Å². The van der Waals surface area contributed by atoms with Crippen molar-refractivity contribution in [2.75, 3.05) is 26.3 Å². The Bertz CT molecular complexity index is 344. The molecule has 92 valence electrons. The first kappa shape index (κ1) is 12.1. The lowest BCUT2D eigenvalue weighted by Gasteiger charge is -2.28. The highest BCUT2D eigenvalue weighted by Gasteiger charge is 2.11. The van der Waals surface area contributed by atoms with Gasteiger partial charge in [-0.25, -0.2) is 0 Å². The van der Waals surface area contributed by atoms with Crippen molar-refractivity contribution < 1.29 is 0 Å². The Labute approximate surface area is 104 Å². The average molecular weight is 231 g/mol.